The molecule has 1 heterocycles. The molecule has 3 N–H and O–H groups in total. The fourth-order valence-corrected chi connectivity index (χ4v) is 4.75. The summed E-state index contributed by atoms with van der Waals surface area (Å²) >= 11 is 0. The van der Waals surface area contributed by atoms with Gasteiger partial charge in [0.15, 0.2) is 0 Å². The van der Waals surface area contributed by atoms with Crippen LogP contribution in [0.5, 0.6) is 0 Å². The number of nitrogens with one attached hydrogen (secondary N) is 2. The molecule has 0 bridgehead atoms. The van der Waals surface area contributed by atoms with Gasteiger partial charge >= 0.3 is 5.97 Å². The van der Waals surface area contributed by atoms with Gasteiger partial charge < -0.3 is 20.6 Å². The van der Waals surface area contributed by atoms with E-state index in [4.69, 9.17) is 0 Å². The van der Waals surface area contributed by atoms with Gasteiger partial charge in [0, 0.05) is 19.6 Å². The van der Waals surface area contributed by atoms with Crippen molar-refractivity contribution in [2.24, 2.45) is 5.92 Å². The lowest BCUT2D eigenvalue weighted by molar-refractivity contribution is -0.154. The van der Waals surface area contributed by atoms with Crippen molar-refractivity contribution in [1.82, 2.24) is 19.8 Å². The number of amides is 2. The molecular formula is C20H29FN4O6S. The molecule has 0 aliphatic carbocycles. The number of carbonyl (C=O) groups is 3. The number of hydrogen-bond acceptors (Lipinski definition) is 6. The van der Waals surface area contributed by atoms with Gasteiger partial charge in [-0.25, -0.2) is 17.6 Å². The van der Waals surface area contributed by atoms with Crippen LogP contribution in [0, 0.1) is 11.7 Å². The molecule has 2 amide bonds. The SMILES string of the molecule is CN[C@@H](C)C(=O)N[C@H](C(=O)N1CCN(S(=O)(=O)c2ccc(F)cc2)C[C@H]1C(=O)O)C(C)C. The van der Waals surface area contributed by atoms with Crippen LogP contribution in [0.2, 0.25) is 0 Å². The largest absolute Gasteiger partial charge is 0.480 e. The zero-order valence-electron chi connectivity index (χ0n) is 18.4. The monoisotopic (exact) mass is 472 g/mol. The average molecular weight is 473 g/mol. The molecule has 32 heavy (non-hydrogen) atoms. The van der Waals surface area contributed by atoms with Crippen LogP contribution in [0.4, 0.5) is 4.39 Å². The van der Waals surface area contributed by atoms with Crippen LogP contribution in [0.15, 0.2) is 29.2 Å². The fraction of sp³-hybridized carbons (Fsp3) is 0.550. The Bertz CT molecular complexity index is 953. The van der Waals surface area contributed by atoms with Crippen LogP contribution in [0.3, 0.4) is 0 Å². The van der Waals surface area contributed by atoms with E-state index in [-0.39, 0.29) is 23.9 Å². The number of carboxylic acid groups (broad SMARTS) is 1. The first-order valence-electron chi connectivity index (χ1n) is 10.2. The summed E-state index contributed by atoms with van der Waals surface area (Å²) in [4.78, 5) is 38.3. The molecule has 2 rings (SSSR count). The first kappa shape index (κ1) is 25.7. The van der Waals surface area contributed by atoms with Gasteiger partial charge in [-0.3, -0.25) is 9.59 Å². The van der Waals surface area contributed by atoms with E-state index < -0.39 is 58.3 Å². The molecule has 1 fully saturated rings. The first-order chi connectivity index (χ1) is 14.9. The van der Waals surface area contributed by atoms with Crippen LogP contribution in [0.25, 0.3) is 0 Å². The highest BCUT2D eigenvalue weighted by Gasteiger charge is 2.42. The molecule has 0 aromatic heterocycles. The Labute approximate surface area is 186 Å². The number of benzene rings is 1. The third-order valence-corrected chi connectivity index (χ3v) is 7.30. The minimum Gasteiger partial charge on any atom is -0.480 e. The maximum atomic E-state index is 13.2. The number of hydrogen-bond donors (Lipinski definition) is 3. The molecule has 1 aliphatic heterocycles. The highest BCUT2D eigenvalue weighted by molar-refractivity contribution is 7.89. The van der Waals surface area contributed by atoms with Crippen LogP contribution < -0.4 is 10.6 Å². The smallest absolute Gasteiger partial charge is 0.327 e. The summed E-state index contributed by atoms with van der Waals surface area (Å²) in [6, 6.07) is 1.24. The third-order valence-electron chi connectivity index (χ3n) is 5.42. The number of sulfonamides is 1. The summed E-state index contributed by atoms with van der Waals surface area (Å²) in [6.07, 6.45) is 0. The van der Waals surface area contributed by atoms with Gasteiger partial charge in [-0.1, -0.05) is 13.8 Å². The van der Waals surface area contributed by atoms with Gasteiger partial charge in [0.05, 0.1) is 10.9 Å². The molecule has 3 atom stereocenters. The molecule has 1 aliphatic rings. The normalized spacial score (nSPS) is 19.4. The number of halogens is 1. The van der Waals surface area contributed by atoms with Crippen LogP contribution >= 0.6 is 0 Å². The molecule has 12 heteroatoms. The lowest BCUT2D eigenvalue weighted by Crippen LogP contribution is -2.63. The first-order valence-corrected chi connectivity index (χ1v) is 11.6. The maximum absolute atomic E-state index is 13.2. The molecule has 1 aromatic rings. The second kappa shape index (κ2) is 10.4. The van der Waals surface area contributed by atoms with Crippen molar-refractivity contribution in [2.75, 3.05) is 26.7 Å². The van der Waals surface area contributed by atoms with Crippen molar-refractivity contribution in [1.29, 1.82) is 0 Å². The Morgan fingerprint density at radius 3 is 2.22 bits per heavy atom. The predicted octanol–water partition coefficient (Wildman–Crippen LogP) is -0.139. The average Bonchev–Trinajstić information content (AvgIpc) is 2.75. The second-order valence-electron chi connectivity index (χ2n) is 7.94. The molecular weight excluding hydrogens is 443 g/mol. The van der Waals surface area contributed by atoms with Crippen molar-refractivity contribution in [3.8, 4) is 0 Å². The Hall–Kier alpha value is -2.57. The number of carbonyl (C=O) groups excluding carboxylic acids is 2. The summed E-state index contributed by atoms with van der Waals surface area (Å²) in [5.74, 6) is -3.30. The lowest BCUT2D eigenvalue weighted by atomic mass is 10.0. The van der Waals surface area contributed by atoms with Crippen molar-refractivity contribution in [2.45, 2.75) is 43.8 Å². The molecule has 178 valence electrons. The Kier molecular flexibility index (Phi) is 8.32. The van der Waals surface area contributed by atoms with Crippen LogP contribution in [-0.2, 0) is 24.4 Å². The molecule has 1 saturated heterocycles. The lowest BCUT2D eigenvalue weighted by Gasteiger charge is -2.40. The van der Waals surface area contributed by atoms with E-state index >= 15 is 0 Å². The second-order valence-corrected chi connectivity index (χ2v) is 9.88. The zero-order chi connectivity index (χ0) is 24.2. The standard InChI is InChI=1S/C20H29FN4O6S/c1-12(2)17(23-18(26)13(3)22-4)19(27)25-10-9-24(11-16(25)20(28)29)32(30,31)15-7-5-14(21)6-8-15/h5-8,12-13,16-17,22H,9-11H2,1-4H3,(H,23,26)(H,28,29)/t13-,16-,17-/m0/s1. The number of likely N-dealkylation sites (N-methyl/N-ethyl adjacent to an activating group) is 1. The fourth-order valence-electron chi connectivity index (χ4n) is 3.31. The number of aliphatic carboxylic acids is 1. The highest BCUT2D eigenvalue weighted by Crippen LogP contribution is 2.22. The molecule has 0 saturated carbocycles. The summed E-state index contributed by atoms with van der Waals surface area (Å²) in [7, 11) is -2.48. The number of rotatable bonds is 8. The molecule has 1 aromatic carbocycles. The minimum atomic E-state index is -4.08. The van der Waals surface area contributed by atoms with E-state index in [2.05, 4.69) is 10.6 Å². The predicted molar refractivity (Wildman–Crippen MR) is 114 cm³/mol. The number of piperazine rings is 1. The summed E-state index contributed by atoms with van der Waals surface area (Å²) < 4.78 is 39.9. The van der Waals surface area contributed by atoms with Gasteiger partial charge in [-0.15, -0.1) is 0 Å². The Morgan fingerprint density at radius 2 is 1.72 bits per heavy atom. The number of carboxylic acids is 1. The Balaban J connectivity index is 2.25. The van der Waals surface area contributed by atoms with Crippen LogP contribution in [0.1, 0.15) is 20.8 Å². The maximum Gasteiger partial charge on any atom is 0.327 e. The molecule has 10 nitrogen and oxygen atoms in total. The number of nitrogens with zero attached hydrogens (tertiary/aromatic N) is 2. The van der Waals surface area contributed by atoms with Gasteiger partial charge in [0.1, 0.15) is 17.9 Å². The van der Waals surface area contributed by atoms with E-state index in [9.17, 15) is 32.3 Å². The van der Waals surface area contributed by atoms with Crippen LogP contribution in [-0.4, -0.2) is 85.3 Å². The summed E-state index contributed by atoms with van der Waals surface area (Å²) in [5.41, 5.74) is 0. The zero-order valence-corrected chi connectivity index (χ0v) is 19.2. The van der Waals surface area contributed by atoms with Gasteiger partial charge in [0.25, 0.3) is 0 Å². The quantitative estimate of drug-likeness (QED) is 0.479. The summed E-state index contributed by atoms with van der Waals surface area (Å²) in [5, 5.41) is 15.1. The van der Waals surface area contributed by atoms with Crippen molar-refractivity contribution >= 4 is 27.8 Å². The highest BCUT2D eigenvalue weighted by atomic mass is 32.2. The van der Waals surface area contributed by atoms with E-state index in [1.54, 1.807) is 27.8 Å². The molecule has 0 radical (unpaired) electrons. The van der Waals surface area contributed by atoms with Gasteiger partial charge in [-0.2, -0.15) is 4.31 Å². The van der Waals surface area contributed by atoms with Crippen molar-refractivity contribution in [3.05, 3.63) is 30.1 Å². The van der Waals surface area contributed by atoms with E-state index in [0.717, 1.165) is 33.5 Å². The third kappa shape index (κ3) is 5.61. The van der Waals surface area contributed by atoms with E-state index in [0.29, 0.717) is 0 Å². The minimum absolute atomic E-state index is 0.138. The van der Waals surface area contributed by atoms with Gasteiger partial charge in [0.2, 0.25) is 21.8 Å². The van der Waals surface area contributed by atoms with Crippen molar-refractivity contribution < 1.29 is 32.3 Å². The molecule has 0 unspecified atom stereocenters. The van der Waals surface area contributed by atoms with Crippen molar-refractivity contribution in [3.63, 3.8) is 0 Å². The van der Waals surface area contributed by atoms with E-state index in [1.165, 1.54) is 0 Å². The topological polar surface area (TPSA) is 136 Å². The Morgan fingerprint density at radius 1 is 1.12 bits per heavy atom. The van der Waals surface area contributed by atoms with Gasteiger partial charge in [-0.05, 0) is 44.2 Å². The summed E-state index contributed by atoms with van der Waals surface area (Å²) in [6.45, 7) is 4.29. The molecule has 0 spiro atoms. The van der Waals surface area contributed by atoms with E-state index in [1.807, 2.05) is 0 Å².